The van der Waals surface area contributed by atoms with Crippen LogP contribution in [0.2, 0.25) is 5.82 Å². The minimum Gasteiger partial charge on any atom is -0.535 e. The number of ether oxygens (including phenoxy) is 3. The van der Waals surface area contributed by atoms with Crippen LogP contribution in [0, 0.1) is 5.92 Å². The van der Waals surface area contributed by atoms with Crippen molar-refractivity contribution in [2.45, 2.75) is 64.1 Å². The van der Waals surface area contributed by atoms with Gasteiger partial charge in [-0.1, -0.05) is 25.5 Å². The number of para-hydroxylation sites is 1. The third-order valence-corrected chi connectivity index (χ3v) is 5.95. The maximum atomic E-state index is 12.5. The minimum absolute atomic E-state index is 0.0982. The lowest BCUT2D eigenvalue weighted by Gasteiger charge is -2.28. The van der Waals surface area contributed by atoms with Crippen LogP contribution in [0.15, 0.2) is 18.2 Å². The Balaban J connectivity index is 1.52. The van der Waals surface area contributed by atoms with Crippen LogP contribution in [0.4, 0.5) is 0 Å². The van der Waals surface area contributed by atoms with Gasteiger partial charge >= 0.3 is 19.1 Å². The van der Waals surface area contributed by atoms with Crippen LogP contribution in [-0.2, 0) is 30.2 Å². The second-order valence-corrected chi connectivity index (χ2v) is 8.44. The predicted molar refractivity (Wildman–Crippen MR) is 116 cm³/mol. The zero-order valence-corrected chi connectivity index (χ0v) is 18.5. The summed E-state index contributed by atoms with van der Waals surface area (Å²) in [6.45, 7) is 2.83. The van der Waals surface area contributed by atoms with Crippen molar-refractivity contribution in [1.29, 1.82) is 0 Å². The first-order valence-electron chi connectivity index (χ1n) is 11.4. The molecule has 8 nitrogen and oxygen atoms in total. The Morgan fingerprint density at radius 3 is 2.69 bits per heavy atom. The first kappa shape index (κ1) is 24.3. The van der Waals surface area contributed by atoms with Gasteiger partial charge in [-0.05, 0) is 43.2 Å². The van der Waals surface area contributed by atoms with Crippen LogP contribution >= 0.6 is 0 Å². The van der Waals surface area contributed by atoms with E-state index in [1.807, 2.05) is 6.92 Å². The molecule has 2 aliphatic rings. The largest absolute Gasteiger partial charge is 0.535 e. The maximum absolute atomic E-state index is 12.5. The summed E-state index contributed by atoms with van der Waals surface area (Å²) < 4.78 is 21.0. The van der Waals surface area contributed by atoms with Gasteiger partial charge in [-0.25, -0.2) is 4.79 Å². The first-order valence-corrected chi connectivity index (χ1v) is 11.4. The van der Waals surface area contributed by atoms with Crippen molar-refractivity contribution in [2.24, 2.45) is 5.92 Å². The number of carbonyl (C=O) groups excluding carboxylic acids is 3. The summed E-state index contributed by atoms with van der Waals surface area (Å²) in [5.41, 5.74) is 0.882. The average Bonchev–Trinajstić information content (AvgIpc) is 2.78. The number of Topliss-reactive ketones (excluding diaryl/α,β-unsaturated/α-hetero) is 1. The number of ketones is 1. The molecule has 1 fully saturated rings. The Bertz CT molecular complexity index is 805. The monoisotopic (exact) mass is 446 g/mol. The van der Waals surface area contributed by atoms with E-state index in [2.05, 4.69) is 0 Å². The summed E-state index contributed by atoms with van der Waals surface area (Å²) in [4.78, 5) is 36.6. The lowest BCUT2D eigenvalue weighted by molar-refractivity contribution is -0.154. The smallest absolute Gasteiger partial charge is 0.526 e. The lowest BCUT2D eigenvalue weighted by Crippen LogP contribution is -2.36. The molecule has 0 spiro atoms. The summed E-state index contributed by atoms with van der Waals surface area (Å²) in [6, 6.07) is 5.03. The second-order valence-electron chi connectivity index (χ2n) is 8.44. The molecule has 0 aliphatic carbocycles. The van der Waals surface area contributed by atoms with Crippen LogP contribution in [0.5, 0.6) is 5.75 Å². The van der Waals surface area contributed by atoms with E-state index in [-0.39, 0.29) is 41.7 Å². The quantitative estimate of drug-likeness (QED) is 0.332. The molecule has 0 radical (unpaired) electrons. The zero-order chi connectivity index (χ0) is 22.9. The predicted octanol–water partition coefficient (Wildman–Crippen LogP) is 3.10. The maximum Gasteiger partial charge on any atom is 0.526 e. The van der Waals surface area contributed by atoms with E-state index in [1.54, 1.807) is 12.1 Å². The Hall–Kier alpha value is -2.39. The number of rotatable bonds is 10. The molecule has 0 aromatic heterocycles. The average molecular weight is 446 g/mol. The normalized spacial score (nSPS) is 18.4. The van der Waals surface area contributed by atoms with Crippen molar-refractivity contribution < 1.29 is 38.3 Å². The molecule has 2 heterocycles. The van der Waals surface area contributed by atoms with E-state index in [9.17, 15) is 19.4 Å². The Morgan fingerprint density at radius 2 is 1.94 bits per heavy atom. The van der Waals surface area contributed by atoms with E-state index in [1.165, 1.54) is 6.07 Å². The fraction of sp³-hybridized carbons (Fsp3) is 0.609. The van der Waals surface area contributed by atoms with Gasteiger partial charge in [0.1, 0.15) is 17.1 Å². The van der Waals surface area contributed by atoms with Crippen molar-refractivity contribution in [3.8, 4) is 5.75 Å². The first-order chi connectivity index (χ1) is 15.5. The second kappa shape index (κ2) is 12.0. The Morgan fingerprint density at radius 1 is 1.16 bits per heavy atom. The molecule has 1 N–H and O–H groups in total. The standard InChI is InChI=1S/C23H31BO8/c1-2-3-6-19(25)14-18-13-17-5-4-7-20(22(17)32-24(18)28)23(27)31-15-30-21(26)12-16-8-10-29-11-9-16/h4-5,7,16,18,28H,2-3,6,8-15H2,1H3/t18-/m1/s1. The van der Waals surface area contributed by atoms with Crippen molar-refractivity contribution in [2.75, 3.05) is 20.0 Å². The van der Waals surface area contributed by atoms with Crippen molar-refractivity contribution in [3.63, 3.8) is 0 Å². The number of benzene rings is 1. The molecule has 1 saturated heterocycles. The van der Waals surface area contributed by atoms with Gasteiger partial charge < -0.3 is 23.9 Å². The molecule has 0 amide bonds. The SMILES string of the molecule is CCCCC(=O)C[C@H]1Cc2cccc(C(=O)OCOC(=O)CC3CCOCC3)c2OB1O. The molecule has 3 rings (SSSR count). The highest BCUT2D eigenvalue weighted by atomic mass is 16.7. The number of unbranched alkanes of at least 4 members (excludes halogenated alkanes) is 1. The van der Waals surface area contributed by atoms with E-state index in [0.717, 1.165) is 31.2 Å². The molecular weight excluding hydrogens is 415 g/mol. The van der Waals surface area contributed by atoms with Crippen LogP contribution in [0.1, 0.15) is 67.8 Å². The molecule has 0 unspecified atom stereocenters. The van der Waals surface area contributed by atoms with Crippen LogP contribution in [0.3, 0.4) is 0 Å². The fourth-order valence-corrected chi connectivity index (χ4v) is 4.06. The highest BCUT2D eigenvalue weighted by Gasteiger charge is 2.37. The highest BCUT2D eigenvalue weighted by molar-refractivity contribution is 6.47. The topological polar surface area (TPSA) is 108 Å². The van der Waals surface area contributed by atoms with Gasteiger partial charge in [-0.3, -0.25) is 9.59 Å². The van der Waals surface area contributed by atoms with Gasteiger partial charge in [0.25, 0.3) is 0 Å². The van der Waals surface area contributed by atoms with Crippen molar-refractivity contribution in [1.82, 2.24) is 0 Å². The number of hydrogen-bond acceptors (Lipinski definition) is 8. The molecule has 1 atom stereocenters. The highest BCUT2D eigenvalue weighted by Crippen LogP contribution is 2.36. The van der Waals surface area contributed by atoms with Crippen LogP contribution < -0.4 is 4.65 Å². The fourth-order valence-electron chi connectivity index (χ4n) is 4.06. The third-order valence-electron chi connectivity index (χ3n) is 5.95. The Kier molecular flexibility index (Phi) is 9.11. The molecule has 1 aromatic carbocycles. The Labute approximate surface area is 188 Å². The lowest BCUT2D eigenvalue weighted by atomic mass is 9.64. The van der Waals surface area contributed by atoms with E-state index >= 15 is 0 Å². The van der Waals surface area contributed by atoms with Gasteiger partial charge in [-0.2, -0.15) is 0 Å². The van der Waals surface area contributed by atoms with Gasteiger partial charge in [0.2, 0.25) is 6.79 Å². The van der Waals surface area contributed by atoms with E-state index in [0.29, 0.717) is 26.1 Å². The molecule has 174 valence electrons. The summed E-state index contributed by atoms with van der Waals surface area (Å²) >= 11 is 0. The number of esters is 2. The summed E-state index contributed by atoms with van der Waals surface area (Å²) in [5.74, 6) is -0.904. The molecule has 0 bridgehead atoms. The van der Waals surface area contributed by atoms with E-state index < -0.39 is 25.8 Å². The third kappa shape index (κ3) is 6.80. The molecule has 2 aliphatic heterocycles. The van der Waals surface area contributed by atoms with Crippen molar-refractivity contribution >= 4 is 24.8 Å². The summed E-state index contributed by atoms with van der Waals surface area (Å²) in [6.07, 6.45) is 4.82. The molecule has 1 aromatic rings. The van der Waals surface area contributed by atoms with Gasteiger partial charge in [0.15, 0.2) is 0 Å². The number of carbonyl (C=O) groups is 3. The van der Waals surface area contributed by atoms with Crippen LogP contribution in [0.25, 0.3) is 0 Å². The molecule has 9 heteroatoms. The number of hydrogen-bond donors (Lipinski definition) is 1. The van der Waals surface area contributed by atoms with Gasteiger partial charge in [-0.15, -0.1) is 0 Å². The zero-order valence-electron chi connectivity index (χ0n) is 18.5. The summed E-state index contributed by atoms with van der Waals surface area (Å²) in [5, 5.41) is 10.4. The number of fused-ring (bicyclic) bond motifs is 1. The molecule has 32 heavy (non-hydrogen) atoms. The molecule has 0 saturated carbocycles. The minimum atomic E-state index is -1.18. The molecular formula is C23H31BO8. The summed E-state index contributed by atoms with van der Waals surface area (Å²) in [7, 11) is -1.18. The van der Waals surface area contributed by atoms with E-state index in [4.69, 9.17) is 18.9 Å². The van der Waals surface area contributed by atoms with Gasteiger partial charge in [0.05, 0.1) is 0 Å². The van der Waals surface area contributed by atoms with Crippen LogP contribution in [-0.4, -0.2) is 49.9 Å². The van der Waals surface area contributed by atoms with Crippen molar-refractivity contribution in [3.05, 3.63) is 29.3 Å². The van der Waals surface area contributed by atoms with Gasteiger partial charge in [0, 0.05) is 38.3 Å².